The maximum atomic E-state index is 11.5. The number of carbonyl (C=O) groups is 1. The summed E-state index contributed by atoms with van der Waals surface area (Å²) in [5.41, 5.74) is 1.32. The van der Waals surface area contributed by atoms with Gasteiger partial charge in [0.1, 0.15) is 6.10 Å². The maximum Gasteiger partial charge on any atom is 0.306 e. The second-order valence-electron chi connectivity index (χ2n) is 5.22. The minimum Gasteiger partial charge on any atom is -0.461 e. The Balaban J connectivity index is 1.82. The van der Waals surface area contributed by atoms with Crippen LogP contribution < -0.4 is 0 Å². The molecule has 1 atom stereocenters. The number of piperidine rings is 1. The van der Waals surface area contributed by atoms with Gasteiger partial charge in [-0.3, -0.25) is 9.69 Å². The monoisotopic (exact) mass is 261 g/mol. The first-order valence-corrected chi connectivity index (χ1v) is 7.23. The van der Waals surface area contributed by atoms with Crippen LogP contribution >= 0.6 is 0 Å². The summed E-state index contributed by atoms with van der Waals surface area (Å²) < 4.78 is 5.52. The van der Waals surface area contributed by atoms with Gasteiger partial charge in [-0.1, -0.05) is 37.3 Å². The van der Waals surface area contributed by atoms with Crippen molar-refractivity contribution in [1.82, 2.24) is 4.90 Å². The first-order chi connectivity index (χ1) is 9.28. The smallest absolute Gasteiger partial charge is 0.306 e. The number of ether oxygens (including phenoxy) is 1. The fraction of sp³-hybridized carbons (Fsp3) is 0.562. The molecule has 3 nitrogen and oxygen atoms in total. The van der Waals surface area contributed by atoms with Crippen LogP contribution in [-0.4, -0.2) is 30.1 Å². The lowest BCUT2D eigenvalue weighted by molar-refractivity contribution is -0.151. The Hall–Kier alpha value is -1.35. The number of carbonyl (C=O) groups excluding carboxylic acids is 1. The van der Waals surface area contributed by atoms with Crippen LogP contribution in [0.25, 0.3) is 0 Å². The van der Waals surface area contributed by atoms with E-state index in [0.717, 1.165) is 38.9 Å². The van der Waals surface area contributed by atoms with Crippen LogP contribution in [-0.2, 0) is 16.1 Å². The van der Waals surface area contributed by atoms with Crippen LogP contribution in [0.2, 0.25) is 0 Å². The third-order valence-corrected chi connectivity index (χ3v) is 3.46. The summed E-state index contributed by atoms with van der Waals surface area (Å²) in [5, 5.41) is 0. The van der Waals surface area contributed by atoms with E-state index >= 15 is 0 Å². The zero-order chi connectivity index (χ0) is 13.5. The molecule has 1 aliphatic heterocycles. The number of hydrogen-bond acceptors (Lipinski definition) is 3. The van der Waals surface area contributed by atoms with Crippen molar-refractivity contribution in [3.8, 4) is 0 Å². The molecule has 3 heteroatoms. The van der Waals surface area contributed by atoms with E-state index in [0.29, 0.717) is 6.42 Å². The molecule has 0 amide bonds. The molecule has 1 aliphatic rings. The van der Waals surface area contributed by atoms with Gasteiger partial charge < -0.3 is 4.74 Å². The van der Waals surface area contributed by atoms with Crippen molar-refractivity contribution in [2.75, 3.05) is 13.1 Å². The summed E-state index contributed by atoms with van der Waals surface area (Å²) in [4.78, 5) is 13.9. The average molecular weight is 261 g/mol. The van der Waals surface area contributed by atoms with Crippen LogP contribution in [0.15, 0.2) is 30.3 Å². The Morgan fingerprint density at radius 3 is 2.89 bits per heavy atom. The Morgan fingerprint density at radius 1 is 1.37 bits per heavy atom. The Morgan fingerprint density at radius 2 is 2.16 bits per heavy atom. The lowest BCUT2D eigenvalue weighted by Crippen LogP contribution is -2.40. The van der Waals surface area contributed by atoms with E-state index in [9.17, 15) is 4.79 Å². The lowest BCUT2D eigenvalue weighted by Gasteiger charge is -2.32. The largest absolute Gasteiger partial charge is 0.461 e. The summed E-state index contributed by atoms with van der Waals surface area (Å²) >= 11 is 0. The number of hydrogen-bond donors (Lipinski definition) is 0. The Labute approximate surface area is 115 Å². The Kier molecular flexibility index (Phi) is 5.40. The summed E-state index contributed by atoms with van der Waals surface area (Å²) in [7, 11) is 0. The molecule has 1 unspecified atom stereocenters. The van der Waals surface area contributed by atoms with Crippen LogP contribution in [0.5, 0.6) is 0 Å². The molecule has 19 heavy (non-hydrogen) atoms. The van der Waals surface area contributed by atoms with Crippen molar-refractivity contribution < 1.29 is 9.53 Å². The first-order valence-electron chi connectivity index (χ1n) is 7.23. The van der Waals surface area contributed by atoms with Gasteiger partial charge in [0.25, 0.3) is 0 Å². The van der Waals surface area contributed by atoms with Gasteiger partial charge in [0, 0.05) is 19.5 Å². The lowest BCUT2D eigenvalue weighted by atomic mass is 10.1. The van der Waals surface area contributed by atoms with Crippen molar-refractivity contribution in [2.45, 2.75) is 45.3 Å². The summed E-state index contributed by atoms with van der Waals surface area (Å²) in [5.74, 6) is -0.0472. The van der Waals surface area contributed by atoms with Crippen molar-refractivity contribution in [3.05, 3.63) is 35.9 Å². The van der Waals surface area contributed by atoms with Gasteiger partial charge in [-0.25, -0.2) is 0 Å². The van der Waals surface area contributed by atoms with E-state index in [2.05, 4.69) is 29.2 Å². The molecule has 0 N–H and O–H groups in total. The van der Waals surface area contributed by atoms with E-state index in [-0.39, 0.29) is 12.1 Å². The average Bonchev–Trinajstić information content (AvgIpc) is 2.40. The number of rotatable bonds is 5. The van der Waals surface area contributed by atoms with E-state index in [1.807, 2.05) is 13.0 Å². The van der Waals surface area contributed by atoms with Crippen molar-refractivity contribution in [2.24, 2.45) is 0 Å². The predicted octanol–water partition coefficient (Wildman–Crippen LogP) is 2.99. The highest BCUT2D eigenvalue weighted by Crippen LogP contribution is 2.16. The van der Waals surface area contributed by atoms with E-state index < -0.39 is 0 Å². The molecule has 1 fully saturated rings. The molecule has 0 aromatic heterocycles. The van der Waals surface area contributed by atoms with Crippen molar-refractivity contribution >= 4 is 5.97 Å². The minimum atomic E-state index is -0.0472. The van der Waals surface area contributed by atoms with Gasteiger partial charge in [-0.05, 0) is 31.4 Å². The maximum absolute atomic E-state index is 11.5. The molecule has 0 aliphatic carbocycles. The number of likely N-dealkylation sites (tertiary alicyclic amines) is 1. The molecule has 104 valence electrons. The van der Waals surface area contributed by atoms with Gasteiger partial charge in [0.15, 0.2) is 0 Å². The molecular weight excluding hydrogens is 238 g/mol. The standard InChI is InChI=1S/C16H23NO2/c1-2-7-16(18)19-15-10-6-11-17(13-15)12-14-8-4-3-5-9-14/h3-5,8-9,15H,2,6-7,10-13H2,1H3. The molecule has 0 saturated carbocycles. The SMILES string of the molecule is CCCC(=O)OC1CCCN(Cc2ccccc2)C1. The van der Waals surface area contributed by atoms with Crippen molar-refractivity contribution in [3.63, 3.8) is 0 Å². The molecule has 1 aromatic rings. The van der Waals surface area contributed by atoms with Gasteiger partial charge in [-0.2, -0.15) is 0 Å². The number of esters is 1. The summed E-state index contributed by atoms with van der Waals surface area (Å²) in [6.45, 7) is 4.91. The van der Waals surface area contributed by atoms with Gasteiger partial charge >= 0.3 is 5.97 Å². The number of nitrogens with zero attached hydrogens (tertiary/aromatic N) is 1. The van der Waals surface area contributed by atoms with Crippen LogP contribution in [0.4, 0.5) is 0 Å². The zero-order valence-corrected chi connectivity index (χ0v) is 11.7. The fourth-order valence-electron chi connectivity index (χ4n) is 2.54. The highest BCUT2D eigenvalue weighted by atomic mass is 16.5. The topological polar surface area (TPSA) is 29.5 Å². The minimum absolute atomic E-state index is 0.0472. The van der Waals surface area contributed by atoms with Gasteiger partial charge in [-0.15, -0.1) is 0 Å². The van der Waals surface area contributed by atoms with E-state index in [4.69, 9.17) is 4.74 Å². The van der Waals surface area contributed by atoms with Gasteiger partial charge in [0.05, 0.1) is 0 Å². The fourth-order valence-corrected chi connectivity index (χ4v) is 2.54. The van der Waals surface area contributed by atoms with E-state index in [1.165, 1.54) is 5.56 Å². The van der Waals surface area contributed by atoms with Crippen molar-refractivity contribution in [1.29, 1.82) is 0 Å². The molecule has 0 bridgehead atoms. The molecule has 2 rings (SSSR count). The number of benzene rings is 1. The normalized spacial score (nSPS) is 20.2. The predicted molar refractivity (Wildman–Crippen MR) is 75.7 cm³/mol. The zero-order valence-electron chi connectivity index (χ0n) is 11.7. The second-order valence-corrected chi connectivity index (χ2v) is 5.22. The highest BCUT2D eigenvalue weighted by Gasteiger charge is 2.22. The van der Waals surface area contributed by atoms with E-state index in [1.54, 1.807) is 0 Å². The third-order valence-electron chi connectivity index (χ3n) is 3.46. The molecular formula is C16H23NO2. The van der Waals surface area contributed by atoms with Crippen LogP contribution in [0.1, 0.15) is 38.2 Å². The molecule has 1 heterocycles. The van der Waals surface area contributed by atoms with Crippen LogP contribution in [0.3, 0.4) is 0 Å². The molecule has 0 spiro atoms. The molecule has 1 saturated heterocycles. The Bertz CT molecular complexity index is 391. The summed E-state index contributed by atoms with van der Waals surface area (Å²) in [6, 6.07) is 10.5. The second kappa shape index (κ2) is 7.29. The van der Waals surface area contributed by atoms with Gasteiger partial charge in [0.2, 0.25) is 0 Å². The quantitative estimate of drug-likeness (QED) is 0.763. The highest BCUT2D eigenvalue weighted by molar-refractivity contribution is 5.69. The summed E-state index contributed by atoms with van der Waals surface area (Å²) in [6.07, 6.45) is 3.59. The van der Waals surface area contributed by atoms with Crippen LogP contribution in [0, 0.1) is 0 Å². The molecule has 1 aromatic carbocycles. The third kappa shape index (κ3) is 4.67. The molecule has 0 radical (unpaired) electrons. The first kappa shape index (κ1) is 14.1.